The molecular weight excluding hydrogens is 224 g/mol. The Morgan fingerprint density at radius 1 is 1.35 bits per heavy atom. The lowest BCUT2D eigenvalue weighted by molar-refractivity contribution is -0.134. The summed E-state index contributed by atoms with van der Waals surface area (Å²) in [4.78, 5) is 22.9. The number of carbonyl (C=O) groups excluding carboxylic acids is 1. The summed E-state index contributed by atoms with van der Waals surface area (Å²) in [6.45, 7) is -0.147. The minimum atomic E-state index is -0.930. The van der Waals surface area contributed by atoms with Gasteiger partial charge in [-0.15, -0.1) is 0 Å². The van der Waals surface area contributed by atoms with E-state index in [1.807, 2.05) is 0 Å². The van der Waals surface area contributed by atoms with Crippen molar-refractivity contribution in [2.24, 2.45) is 0 Å². The molecule has 0 unspecified atom stereocenters. The summed E-state index contributed by atoms with van der Waals surface area (Å²) in [7, 11) is 2.90. The molecule has 0 aliphatic rings. The molecule has 6 heteroatoms. The van der Waals surface area contributed by atoms with E-state index in [-0.39, 0.29) is 6.54 Å². The van der Waals surface area contributed by atoms with Crippen molar-refractivity contribution in [2.45, 2.75) is 0 Å². The normalized spacial score (nSPS) is 9.53. The summed E-state index contributed by atoms with van der Waals surface area (Å²) in [6, 6.07) is 6.78. The minimum Gasteiger partial charge on any atom is -0.480 e. The number of amides is 1. The zero-order valence-electron chi connectivity index (χ0n) is 9.64. The Bertz CT molecular complexity index is 402. The van der Waals surface area contributed by atoms with Crippen LogP contribution < -0.4 is 10.2 Å². The molecule has 0 fully saturated rings. The van der Waals surface area contributed by atoms with E-state index in [2.05, 4.69) is 10.1 Å². The molecular formula is C11H14N2O4. The standard InChI is InChI=1S/C11H14N2O4/c1-13(11(16)17-2)9-5-3-8(4-6-9)12-7-10(14)15/h3-6,12H,7H2,1-2H3,(H,14,15). The Morgan fingerprint density at radius 3 is 2.41 bits per heavy atom. The Kier molecular flexibility index (Phi) is 4.33. The third-order valence-corrected chi connectivity index (χ3v) is 2.15. The van der Waals surface area contributed by atoms with Gasteiger partial charge < -0.3 is 15.2 Å². The van der Waals surface area contributed by atoms with Gasteiger partial charge >= 0.3 is 12.1 Å². The number of benzene rings is 1. The van der Waals surface area contributed by atoms with Crippen molar-refractivity contribution in [3.8, 4) is 0 Å². The number of methoxy groups -OCH3 is 1. The topological polar surface area (TPSA) is 78.9 Å². The molecule has 0 bridgehead atoms. The lowest BCUT2D eigenvalue weighted by Crippen LogP contribution is -2.25. The third-order valence-electron chi connectivity index (χ3n) is 2.15. The predicted molar refractivity (Wildman–Crippen MR) is 63.4 cm³/mol. The first-order valence-corrected chi connectivity index (χ1v) is 4.92. The predicted octanol–water partition coefficient (Wildman–Crippen LogP) is 1.39. The van der Waals surface area contributed by atoms with E-state index in [1.54, 1.807) is 31.3 Å². The molecule has 17 heavy (non-hydrogen) atoms. The van der Waals surface area contributed by atoms with Crippen LogP contribution in [-0.4, -0.2) is 37.9 Å². The molecule has 0 saturated heterocycles. The number of aliphatic carboxylic acids is 1. The van der Waals surface area contributed by atoms with Crippen LogP contribution in [0.5, 0.6) is 0 Å². The highest BCUT2D eigenvalue weighted by molar-refractivity contribution is 5.87. The smallest absolute Gasteiger partial charge is 0.413 e. The maximum atomic E-state index is 11.2. The summed E-state index contributed by atoms with van der Waals surface area (Å²) in [5, 5.41) is 11.2. The Morgan fingerprint density at radius 2 is 1.94 bits per heavy atom. The molecule has 1 amide bonds. The number of carboxylic acids is 1. The van der Waals surface area contributed by atoms with Gasteiger partial charge in [0, 0.05) is 18.4 Å². The molecule has 0 saturated carbocycles. The average molecular weight is 238 g/mol. The highest BCUT2D eigenvalue weighted by Gasteiger charge is 2.09. The van der Waals surface area contributed by atoms with E-state index < -0.39 is 12.1 Å². The van der Waals surface area contributed by atoms with Crippen LogP contribution in [-0.2, 0) is 9.53 Å². The number of carbonyl (C=O) groups is 2. The van der Waals surface area contributed by atoms with Gasteiger partial charge in [-0.3, -0.25) is 9.69 Å². The fraction of sp³-hybridized carbons (Fsp3) is 0.273. The van der Waals surface area contributed by atoms with Gasteiger partial charge in [-0.2, -0.15) is 0 Å². The molecule has 0 atom stereocenters. The van der Waals surface area contributed by atoms with E-state index in [1.165, 1.54) is 12.0 Å². The fourth-order valence-corrected chi connectivity index (χ4v) is 1.22. The summed E-state index contributed by atoms with van der Waals surface area (Å²) in [5.74, 6) is -0.930. The van der Waals surface area contributed by atoms with Crippen molar-refractivity contribution >= 4 is 23.4 Å². The number of hydrogen-bond donors (Lipinski definition) is 2. The second kappa shape index (κ2) is 5.74. The molecule has 0 spiro atoms. The van der Waals surface area contributed by atoms with Crippen LogP contribution in [0.25, 0.3) is 0 Å². The van der Waals surface area contributed by atoms with E-state index in [9.17, 15) is 9.59 Å². The van der Waals surface area contributed by atoms with Crippen LogP contribution in [0.3, 0.4) is 0 Å². The van der Waals surface area contributed by atoms with Crippen molar-refractivity contribution in [1.82, 2.24) is 0 Å². The summed E-state index contributed by atoms with van der Waals surface area (Å²) in [5.41, 5.74) is 1.34. The van der Waals surface area contributed by atoms with Gasteiger partial charge in [-0.25, -0.2) is 4.79 Å². The lowest BCUT2D eigenvalue weighted by Gasteiger charge is -2.15. The molecule has 0 aromatic heterocycles. The van der Waals surface area contributed by atoms with Gasteiger partial charge in [0.15, 0.2) is 0 Å². The molecule has 92 valence electrons. The first-order valence-electron chi connectivity index (χ1n) is 4.92. The molecule has 2 N–H and O–H groups in total. The van der Waals surface area contributed by atoms with Gasteiger partial charge in [0.1, 0.15) is 6.54 Å². The van der Waals surface area contributed by atoms with Gasteiger partial charge in [-0.1, -0.05) is 0 Å². The molecule has 0 aliphatic carbocycles. The van der Waals surface area contributed by atoms with E-state index in [4.69, 9.17) is 5.11 Å². The number of carboxylic acid groups (broad SMARTS) is 1. The van der Waals surface area contributed by atoms with E-state index in [0.717, 1.165) is 0 Å². The monoisotopic (exact) mass is 238 g/mol. The van der Waals surface area contributed by atoms with Crippen LogP contribution in [0.4, 0.5) is 16.2 Å². The number of rotatable bonds is 4. The Labute approximate surface area is 98.8 Å². The Hall–Kier alpha value is -2.24. The van der Waals surface area contributed by atoms with Crippen molar-refractivity contribution < 1.29 is 19.4 Å². The quantitative estimate of drug-likeness (QED) is 0.828. The average Bonchev–Trinajstić information content (AvgIpc) is 2.35. The summed E-state index contributed by atoms with van der Waals surface area (Å²) < 4.78 is 4.57. The SMILES string of the molecule is COC(=O)N(C)c1ccc(NCC(=O)O)cc1. The molecule has 1 aromatic rings. The summed E-state index contributed by atoms with van der Waals surface area (Å²) >= 11 is 0. The second-order valence-electron chi connectivity index (χ2n) is 3.32. The van der Waals surface area contributed by atoms with Crippen LogP contribution in [0.1, 0.15) is 0 Å². The van der Waals surface area contributed by atoms with Crippen LogP contribution in [0.2, 0.25) is 0 Å². The van der Waals surface area contributed by atoms with Gasteiger partial charge in [-0.05, 0) is 24.3 Å². The van der Waals surface area contributed by atoms with Gasteiger partial charge in [0.05, 0.1) is 7.11 Å². The molecule has 0 heterocycles. The number of hydrogen-bond acceptors (Lipinski definition) is 4. The molecule has 6 nitrogen and oxygen atoms in total. The maximum absolute atomic E-state index is 11.2. The number of anilines is 2. The van der Waals surface area contributed by atoms with Crippen molar-refractivity contribution in [1.29, 1.82) is 0 Å². The number of ether oxygens (including phenoxy) is 1. The molecule has 0 radical (unpaired) electrons. The van der Waals surface area contributed by atoms with Crippen molar-refractivity contribution in [3.05, 3.63) is 24.3 Å². The highest BCUT2D eigenvalue weighted by Crippen LogP contribution is 2.17. The largest absolute Gasteiger partial charge is 0.480 e. The van der Waals surface area contributed by atoms with Crippen LogP contribution in [0.15, 0.2) is 24.3 Å². The molecule has 1 aromatic carbocycles. The first-order chi connectivity index (χ1) is 8.04. The van der Waals surface area contributed by atoms with Gasteiger partial charge in [0.25, 0.3) is 0 Å². The second-order valence-corrected chi connectivity index (χ2v) is 3.32. The Balaban J connectivity index is 2.67. The molecule has 0 aliphatic heterocycles. The van der Waals surface area contributed by atoms with E-state index >= 15 is 0 Å². The molecule has 1 rings (SSSR count). The van der Waals surface area contributed by atoms with Gasteiger partial charge in [0.2, 0.25) is 0 Å². The van der Waals surface area contributed by atoms with Crippen molar-refractivity contribution in [3.63, 3.8) is 0 Å². The van der Waals surface area contributed by atoms with Crippen molar-refractivity contribution in [2.75, 3.05) is 30.9 Å². The zero-order valence-corrected chi connectivity index (χ0v) is 9.64. The van der Waals surface area contributed by atoms with Crippen LogP contribution >= 0.6 is 0 Å². The maximum Gasteiger partial charge on any atom is 0.413 e. The van der Waals surface area contributed by atoms with Crippen LogP contribution in [0, 0.1) is 0 Å². The lowest BCUT2D eigenvalue weighted by atomic mass is 10.2. The van der Waals surface area contributed by atoms with E-state index in [0.29, 0.717) is 11.4 Å². The zero-order chi connectivity index (χ0) is 12.8. The summed E-state index contributed by atoms with van der Waals surface area (Å²) in [6.07, 6.45) is -0.462. The fourth-order valence-electron chi connectivity index (χ4n) is 1.22. The minimum absolute atomic E-state index is 0.147. The third kappa shape index (κ3) is 3.67. The first kappa shape index (κ1) is 12.8. The highest BCUT2D eigenvalue weighted by atomic mass is 16.5. The number of nitrogens with one attached hydrogen (secondary N) is 1. The number of nitrogens with zero attached hydrogens (tertiary/aromatic N) is 1.